The van der Waals surface area contributed by atoms with Gasteiger partial charge in [0.25, 0.3) is 5.91 Å². The van der Waals surface area contributed by atoms with Gasteiger partial charge < -0.3 is 21.5 Å². The maximum atomic E-state index is 11.9. The van der Waals surface area contributed by atoms with Gasteiger partial charge in [-0.25, -0.2) is 4.79 Å². The Morgan fingerprint density at radius 2 is 1.71 bits per heavy atom. The molecule has 0 radical (unpaired) electrons. The van der Waals surface area contributed by atoms with E-state index < -0.39 is 12.1 Å². The van der Waals surface area contributed by atoms with E-state index in [1.807, 2.05) is 0 Å². The summed E-state index contributed by atoms with van der Waals surface area (Å²) < 4.78 is 5.10. The Labute approximate surface area is 124 Å². The molecule has 1 aromatic carbocycles. The van der Waals surface area contributed by atoms with Crippen molar-refractivity contribution in [2.45, 2.75) is 33.3 Å². The molecule has 6 heteroatoms. The molecule has 0 aliphatic carbocycles. The number of carbonyl (C=O) groups is 2. The lowest BCUT2D eigenvalue weighted by Crippen LogP contribution is -2.36. The van der Waals surface area contributed by atoms with E-state index in [2.05, 4.69) is 19.2 Å². The molecule has 0 aliphatic rings. The standard InChI is InChI=1S/C15H23N3O3/c1-9(2)4-5-18-14(19)10(3)21-15(20)11-6-12(16)8-13(17)7-11/h6-10H,4-5,16-17H2,1-3H3,(H,18,19). The summed E-state index contributed by atoms with van der Waals surface area (Å²) in [4.78, 5) is 23.7. The fraction of sp³-hybridized carbons (Fsp3) is 0.467. The van der Waals surface area contributed by atoms with Crippen molar-refractivity contribution >= 4 is 23.3 Å². The lowest BCUT2D eigenvalue weighted by atomic mass is 10.1. The van der Waals surface area contributed by atoms with Crippen LogP contribution in [0.15, 0.2) is 18.2 Å². The van der Waals surface area contributed by atoms with Crippen LogP contribution in [0.2, 0.25) is 0 Å². The number of nitrogens with one attached hydrogen (secondary N) is 1. The van der Waals surface area contributed by atoms with Crippen molar-refractivity contribution in [2.24, 2.45) is 5.92 Å². The summed E-state index contributed by atoms with van der Waals surface area (Å²) in [5.74, 6) is -0.445. The number of hydrogen-bond donors (Lipinski definition) is 3. The van der Waals surface area contributed by atoms with Gasteiger partial charge in [-0.15, -0.1) is 0 Å². The molecule has 0 bridgehead atoms. The van der Waals surface area contributed by atoms with Crippen molar-refractivity contribution in [2.75, 3.05) is 18.0 Å². The number of rotatable bonds is 6. The van der Waals surface area contributed by atoms with Crippen LogP contribution >= 0.6 is 0 Å². The van der Waals surface area contributed by atoms with E-state index in [1.165, 1.54) is 19.1 Å². The molecule has 1 aromatic rings. The zero-order valence-corrected chi connectivity index (χ0v) is 12.7. The summed E-state index contributed by atoms with van der Waals surface area (Å²) in [6.45, 7) is 6.22. The third-order valence-corrected chi connectivity index (χ3v) is 2.89. The van der Waals surface area contributed by atoms with Crippen LogP contribution in [0.25, 0.3) is 0 Å². The van der Waals surface area contributed by atoms with Crippen LogP contribution in [-0.2, 0) is 9.53 Å². The van der Waals surface area contributed by atoms with E-state index in [4.69, 9.17) is 16.2 Å². The van der Waals surface area contributed by atoms with Crippen LogP contribution in [0.1, 0.15) is 37.6 Å². The van der Waals surface area contributed by atoms with Crippen LogP contribution in [0, 0.1) is 5.92 Å². The normalized spacial score (nSPS) is 12.0. The zero-order chi connectivity index (χ0) is 16.0. The Hall–Kier alpha value is -2.24. The third kappa shape index (κ3) is 5.72. The Morgan fingerprint density at radius 3 is 2.24 bits per heavy atom. The molecule has 116 valence electrons. The molecule has 0 spiro atoms. The molecule has 0 aliphatic heterocycles. The van der Waals surface area contributed by atoms with Crippen molar-refractivity contribution in [3.8, 4) is 0 Å². The van der Waals surface area contributed by atoms with Gasteiger partial charge in [0, 0.05) is 17.9 Å². The first-order valence-corrected chi connectivity index (χ1v) is 6.94. The van der Waals surface area contributed by atoms with Crippen LogP contribution in [-0.4, -0.2) is 24.5 Å². The Kier molecular flexibility index (Phi) is 6.02. The number of anilines is 2. The van der Waals surface area contributed by atoms with Crippen LogP contribution in [0.5, 0.6) is 0 Å². The minimum absolute atomic E-state index is 0.231. The molecule has 0 aromatic heterocycles. The lowest BCUT2D eigenvalue weighted by molar-refractivity contribution is -0.129. The highest BCUT2D eigenvalue weighted by atomic mass is 16.5. The average molecular weight is 293 g/mol. The summed E-state index contributed by atoms with van der Waals surface area (Å²) in [7, 11) is 0. The number of amides is 1. The quantitative estimate of drug-likeness (QED) is 0.545. The van der Waals surface area contributed by atoms with E-state index in [9.17, 15) is 9.59 Å². The maximum absolute atomic E-state index is 11.9. The second kappa shape index (κ2) is 7.52. The Bertz CT molecular complexity index is 495. The fourth-order valence-corrected chi connectivity index (χ4v) is 1.70. The molecule has 1 rings (SSSR count). The number of hydrogen-bond acceptors (Lipinski definition) is 5. The minimum Gasteiger partial charge on any atom is -0.449 e. The van der Waals surface area contributed by atoms with E-state index in [0.29, 0.717) is 23.8 Å². The van der Waals surface area contributed by atoms with Crippen LogP contribution in [0.4, 0.5) is 11.4 Å². The minimum atomic E-state index is -0.868. The molecule has 1 atom stereocenters. The molecule has 0 heterocycles. The summed E-state index contributed by atoms with van der Waals surface area (Å²) in [5.41, 5.74) is 12.2. The number of benzene rings is 1. The topological polar surface area (TPSA) is 107 Å². The lowest BCUT2D eigenvalue weighted by Gasteiger charge is -2.14. The maximum Gasteiger partial charge on any atom is 0.339 e. The van der Waals surface area contributed by atoms with Crippen LogP contribution < -0.4 is 16.8 Å². The summed E-state index contributed by atoms with van der Waals surface area (Å²) in [6.07, 6.45) is 0.00495. The van der Waals surface area contributed by atoms with Crippen molar-refractivity contribution in [1.82, 2.24) is 5.32 Å². The highest BCUT2D eigenvalue weighted by Gasteiger charge is 2.19. The second-order valence-electron chi connectivity index (χ2n) is 5.41. The number of ether oxygens (including phenoxy) is 1. The highest BCUT2D eigenvalue weighted by molar-refractivity contribution is 5.94. The molecular formula is C15H23N3O3. The molecule has 0 saturated carbocycles. The largest absolute Gasteiger partial charge is 0.449 e. The molecule has 5 N–H and O–H groups in total. The predicted octanol–water partition coefficient (Wildman–Crippen LogP) is 1.56. The molecule has 1 amide bonds. The number of esters is 1. The summed E-state index contributed by atoms with van der Waals surface area (Å²) >= 11 is 0. The Balaban J connectivity index is 2.55. The average Bonchev–Trinajstić information content (AvgIpc) is 2.36. The molecule has 1 unspecified atom stereocenters. The van der Waals surface area contributed by atoms with Gasteiger partial charge in [-0.3, -0.25) is 4.79 Å². The number of nitrogen functional groups attached to an aromatic ring is 2. The predicted molar refractivity (Wildman–Crippen MR) is 82.6 cm³/mol. The van der Waals surface area contributed by atoms with Gasteiger partial charge in [-0.2, -0.15) is 0 Å². The van der Waals surface area contributed by atoms with Crippen molar-refractivity contribution < 1.29 is 14.3 Å². The first-order valence-electron chi connectivity index (χ1n) is 6.94. The van der Waals surface area contributed by atoms with Gasteiger partial charge in [0.2, 0.25) is 0 Å². The molecule has 6 nitrogen and oxygen atoms in total. The van der Waals surface area contributed by atoms with Crippen molar-refractivity contribution in [3.63, 3.8) is 0 Å². The van der Waals surface area contributed by atoms with Gasteiger partial charge in [0.15, 0.2) is 6.10 Å². The van der Waals surface area contributed by atoms with Crippen LogP contribution in [0.3, 0.4) is 0 Å². The van der Waals surface area contributed by atoms with E-state index in [0.717, 1.165) is 6.42 Å². The molecule has 0 saturated heterocycles. The number of carbonyl (C=O) groups excluding carboxylic acids is 2. The van der Waals surface area contributed by atoms with Gasteiger partial charge in [-0.1, -0.05) is 13.8 Å². The summed E-state index contributed by atoms with van der Waals surface area (Å²) in [5, 5.41) is 2.73. The SMILES string of the molecule is CC(C)CCNC(=O)C(C)OC(=O)c1cc(N)cc(N)c1. The van der Waals surface area contributed by atoms with Gasteiger partial charge in [0.05, 0.1) is 5.56 Å². The highest BCUT2D eigenvalue weighted by Crippen LogP contribution is 2.15. The smallest absolute Gasteiger partial charge is 0.339 e. The van der Waals surface area contributed by atoms with Crippen molar-refractivity contribution in [1.29, 1.82) is 0 Å². The molecule has 0 fully saturated rings. The molecular weight excluding hydrogens is 270 g/mol. The monoisotopic (exact) mass is 293 g/mol. The van der Waals surface area contributed by atoms with Gasteiger partial charge in [-0.05, 0) is 37.5 Å². The van der Waals surface area contributed by atoms with E-state index in [-0.39, 0.29) is 11.5 Å². The fourth-order valence-electron chi connectivity index (χ4n) is 1.70. The second-order valence-corrected chi connectivity index (χ2v) is 5.41. The van der Waals surface area contributed by atoms with Gasteiger partial charge in [0.1, 0.15) is 0 Å². The zero-order valence-electron chi connectivity index (χ0n) is 12.7. The van der Waals surface area contributed by atoms with Gasteiger partial charge >= 0.3 is 5.97 Å². The Morgan fingerprint density at radius 1 is 1.14 bits per heavy atom. The van der Waals surface area contributed by atoms with E-state index >= 15 is 0 Å². The first kappa shape index (κ1) is 16.8. The molecule has 21 heavy (non-hydrogen) atoms. The number of nitrogens with two attached hydrogens (primary N) is 2. The summed E-state index contributed by atoms with van der Waals surface area (Å²) in [6, 6.07) is 4.46. The third-order valence-electron chi connectivity index (χ3n) is 2.89. The first-order chi connectivity index (χ1) is 9.79. The van der Waals surface area contributed by atoms with E-state index in [1.54, 1.807) is 6.07 Å². The van der Waals surface area contributed by atoms with Crippen molar-refractivity contribution in [3.05, 3.63) is 23.8 Å².